The normalized spacial score (nSPS) is 16.5. The lowest BCUT2D eigenvalue weighted by Crippen LogP contribution is -2.19. The van der Waals surface area contributed by atoms with Gasteiger partial charge in [-0.15, -0.1) is 10.2 Å². The maximum absolute atomic E-state index is 6.38. The molecule has 20 heavy (non-hydrogen) atoms. The summed E-state index contributed by atoms with van der Waals surface area (Å²) in [6.45, 7) is 0. The van der Waals surface area contributed by atoms with Crippen LogP contribution >= 0.6 is 0 Å². The number of ether oxygens (including phenoxy) is 1. The molecule has 2 N–H and O–H groups in total. The molecule has 1 aromatic carbocycles. The first-order valence-electron chi connectivity index (χ1n) is 7.01. The van der Waals surface area contributed by atoms with Gasteiger partial charge >= 0.3 is 0 Å². The van der Waals surface area contributed by atoms with Crippen LogP contribution in [0.4, 0.5) is 0 Å². The summed E-state index contributed by atoms with van der Waals surface area (Å²) in [4.78, 5) is 0. The van der Waals surface area contributed by atoms with Crippen LogP contribution in [0, 0.1) is 0 Å². The van der Waals surface area contributed by atoms with Gasteiger partial charge in [-0.05, 0) is 36.0 Å². The average molecular weight is 269 g/mol. The molecule has 4 heteroatoms. The van der Waals surface area contributed by atoms with E-state index in [1.807, 2.05) is 12.1 Å². The minimum absolute atomic E-state index is 0.231. The zero-order valence-electron chi connectivity index (χ0n) is 11.6. The van der Waals surface area contributed by atoms with Crippen LogP contribution in [0.25, 0.3) is 0 Å². The summed E-state index contributed by atoms with van der Waals surface area (Å²) in [7, 11) is 1.58. The molecule has 0 spiro atoms. The fourth-order valence-corrected chi connectivity index (χ4v) is 2.65. The van der Waals surface area contributed by atoms with Crippen molar-refractivity contribution in [2.45, 2.75) is 31.2 Å². The van der Waals surface area contributed by atoms with Gasteiger partial charge in [0.25, 0.3) is 0 Å². The summed E-state index contributed by atoms with van der Waals surface area (Å²) >= 11 is 0. The Bertz CT molecular complexity index is 579. The van der Waals surface area contributed by atoms with Crippen LogP contribution in [-0.2, 0) is 0 Å². The average Bonchev–Trinajstić information content (AvgIpc) is 2.45. The molecule has 4 nitrogen and oxygen atoms in total. The molecule has 1 unspecified atom stereocenters. The van der Waals surface area contributed by atoms with Gasteiger partial charge in [0.1, 0.15) is 0 Å². The summed E-state index contributed by atoms with van der Waals surface area (Å²) in [5.74, 6) is 1.16. The van der Waals surface area contributed by atoms with Gasteiger partial charge in [0.05, 0.1) is 18.8 Å². The Morgan fingerprint density at radius 2 is 1.95 bits per heavy atom. The van der Waals surface area contributed by atoms with Crippen molar-refractivity contribution < 1.29 is 4.74 Å². The third-order valence-electron chi connectivity index (χ3n) is 4.06. The Hall–Kier alpha value is -1.94. The molecule has 3 rings (SSSR count). The second kappa shape index (κ2) is 5.59. The van der Waals surface area contributed by atoms with E-state index in [9.17, 15) is 0 Å². The number of aromatic nitrogens is 2. The van der Waals surface area contributed by atoms with Gasteiger partial charge in [-0.25, -0.2) is 0 Å². The highest BCUT2D eigenvalue weighted by Gasteiger charge is 2.24. The number of nitrogens with two attached hydrogens (primary N) is 1. The Labute approximate surface area is 119 Å². The number of hydrogen-bond donors (Lipinski definition) is 1. The van der Waals surface area contributed by atoms with Crippen LogP contribution in [0.1, 0.15) is 48.0 Å². The van der Waals surface area contributed by atoms with E-state index in [1.165, 1.54) is 24.8 Å². The molecule has 2 aromatic rings. The largest absolute Gasteiger partial charge is 0.480 e. The molecule has 1 aliphatic rings. The lowest BCUT2D eigenvalue weighted by molar-refractivity contribution is 0.390. The maximum Gasteiger partial charge on any atom is 0.233 e. The number of hydrogen-bond acceptors (Lipinski definition) is 4. The number of methoxy groups -OCH3 is 1. The zero-order chi connectivity index (χ0) is 13.9. The van der Waals surface area contributed by atoms with Crippen molar-refractivity contribution in [2.75, 3.05) is 7.11 Å². The van der Waals surface area contributed by atoms with Crippen molar-refractivity contribution in [3.05, 3.63) is 53.2 Å². The Kier molecular flexibility index (Phi) is 3.65. The van der Waals surface area contributed by atoms with Gasteiger partial charge in [0.2, 0.25) is 5.88 Å². The Balaban J connectivity index is 1.90. The first-order valence-corrected chi connectivity index (χ1v) is 7.01. The summed E-state index contributed by atoms with van der Waals surface area (Å²) in [6.07, 6.45) is 3.84. The van der Waals surface area contributed by atoms with E-state index in [4.69, 9.17) is 10.5 Å². The predicted molar refractivity (Wildman–Crippen MR) is 77.6 cm³/mol. The molecule has 1 aliphatic carbocycles. The molecule has 1 heterocycles. The number of nitrogens with zero attached hydrogens (tertiary/aromatic N) is 2. The lowest BCUT2D eigenvalue weighted by Gasteiger charge is -2.29. The van der Waals surface area contributed by atoms with Crippen LogP contribution < -0.4 is 10.5 Å². The van der Waals surface area contributed by atoms with Crippen molar-refractivity contribution >= 4 is 0 Å². The molecule has 0 saturated heterocycles. The molecule has 1 fully saturated rings. The first-order chi connectivity index (χ1) is 9.79. The van der Waals surface area contributed by atoms with Crippen LogP contribution in [-0.4, -0.2) is 17.3 Å². The van der Waals surface area contributed by atoms with E-state index in [0.717, 1.165) is 11.3 Å². The zero-order valence-corrected chi connectivity index (χ0v) is 11.6. The molecule has 0 amide bonds. The highest BCUT2D eigenvalue weighted by atomic mass is 16.5. The van der Waals surface area contributed by atoms with Gasteiger partial charge in [-0.1, -0.05) is 30.7 Å². The molecular weight excluding hydrogens is 250 g/mol. The maximum atomic E-state index is 6.38. The second-order valence-corrected chi connectivity index (χ2v) is 5.23. The highest BCUT2D eigenvalue weighted by Crippen LogP contribution is 2.39. The van der Waals surface area contributed by atoms with Crippen LogP contribution in [0.15, 0.2) is 36.4 Å². The van der Waals surface area contributed by atoms with E-state index in [-0.39, 0.29) is 6.04 Å². The molecule has 104 valence electrons. The fraction of sp³-hybridized carbons (Fsp3) is 0.375. The summed E-state index contributed by atoms with van der Waals surface area (Å²) in [6, 6.07) is 11.9. The fourth-order valence-electron chi connectivity index (χ4n) is 2.65. The number of rotatable bonds is 4. The number of benzene rings is 1. The topological polar surface area (TPSA) is 61.0 Å². The minimum Gasteiger partial charge on any atom is -0.480 e. The highest BCUT2D eigenvalue weighted by molar-refractivity contribution is 5.38. The molecule has 1 saturated carbocycles. The van der Waals surface area contributed by atoms with Gasteiger partial charge < -0.3 is 10.5 Å². The van der Waals surface area contributed by atoms with Crippen LogP contribution in [0.3, 0.4) is 0 Å². The van der Waals surface area contributed by atoms with Crippen molar-refractivity contribution in [3.63, 3.8) is 0 Å². The molecule has 0 radical (unpaired) electrons. The van der Waals surface area contributed by atoms with Gasteiger partial charge in [0, 0.05) is 6.07 Å². The Morgan fingerprint density at radius 3 is 2.55 bits per heavy atom. The SMILES string of the molecule is COc1ccc(C(N)c2ccccc2C2CCC2)nn1. The molecule has 1 aromatic heterocycles. The van der Waals surface area contributed by atoms with Crippen LogP contribution in [0.5, 0.6) is 5.88 Å². The molecule has 0 aliphatic heterocycles. The predicted octanol–water partition coefficient (Wildman–Crippen LogP) is 2.80. The summed E-state index contributed by atoms with van der Waals surface area (Å²) < 4.78 is 5.03. The molecule has 1 atom stereocenters. The van der Waals surface area contributed by atoms with E-state index in [0.29, 0.717) is 11.8 Å². The van der Waals surface area contributed by atoms with Crippen molar-refractivity contribution in [2.24, 2.45) is 5.73 Å². The van der Waals surface area contributed by atoms with E-state index >= 15 is 0 Å². The third-order valence-corrected chi connectivity index (χ3v) is 4.06. The standard InChI is InChI=1S/C16H19N3O/c1-20-15-10-9-14(18-19-15)16(17)13-8-3-2-7-12(13)11-5-4-6-11/h2-3,7-11,16H,4-6,17H2,1H3. The van der Waals surface area contributed by atoms with Crippen LogP contribution in [0.2, 0.25) is 0 Å². The van der Waals surface area contributed by atoms with Gasteiger partial charge in [-0.2, -0.15) is 0 Å². The van der Waals surface area contributed by atoms with Crippen molar-refractivity contribution in [1.82, 2.24) is 10.2 Å². The second-order valence-electron chi connectivity index (χ2n) is 5.23. The molecule has 0 bridgehead atoms. The van der Waals surface area contributed by atoms with Gasteiger partial charge in [-0.3, -0.25) is 0 Å². The summed E-state index contributed by atoms with van der Waals surface area (Å²) in [5.41, 5.74) is 9.69. The Morgan fingerprint density at radius 1 is 1.15 bits per heavy atom. The molecular formula is C16H19N3O. The van der Waals surface area contributed by atoms with E-state index in [2.05, 4.69) is 28.4 Å². The third kappa shape index (κ3) is 2.39. The van der Waals surface area contributed by atoms with Crippen molar-refractivity contribution in [1.29, 1.82) is 0 Å². The monoisotopic (exact) mass is 269 g/mol. The lowest BCUT2D eigenvalue weighted by atomic mass is 9.77. The van der Waals surface area contributed by atoms with E-state index < -0.39 is 0 Å². The van der Waals surface area contributed by atoms with Crippen molar-refractivity contribution in [3.8, 4) is 5.88 Å². The van der Waals surface area contributed by atoms with E-state index in [1.54, 1.807) is 13.2 Å². The van der Waals surface area contributed by atoms with Gasteiger partial charge in [0.15, 0.2) is 0 Å². The minimum atomic E-state index is -0.231. The smallest absolute Gasteiger partial charge is 0.233 e. The quantitative estimate of drug-likeness (QED) is 0.927. The summed E-state index contributed by atoms with van der Waals surface area (Å²) in [5, 5.41) is 8.17. The first kappa shape index (κ1) is 13.1.